The van der Waals surface area contributed by atoms with Crippen LogP contribution in [0.2, 0.25) is 0 Å². The number of alkyl halides is 1. The van der Waals surface area contributed by atoms with Gasteiger partial charge in [0.1, 0.15) is 17.6 Å². The maximum atomic E-state index is 12.8. The number of nitrogens with zero attached hydrogens (tertiary/aromatic N) is 1. The fourth-order valence-electron chi connectivity index (χ4n) is 1.86. The van der Waals surface area contributed by atoms with E-state index in [-0.39, 0.29) is 5.82 Å². The molecule has 0 atom stereocenters. The molecule has 0 amide bonds. The molecule has 2 aromatic rings. The third-order valence-corrected chi connectivity index (χ3v) is 3.06. The molecule has 0 radical (unpaired) electrons. The summed E-state index contributed by atoms with van der Waals surface area (Å²) in [6, 6.07) is 14.9. The van der Waals surface area contributed by atoms with E-state index in [0.29, 0.717) is 30.0 Å². The Bertz CT molecular complexity index is 688. The molecule has 0 aliphatic carbocycles. The summed E-state index contributed by atoms with van der Waals surface area (Å²) in [6.07, 6.45) is 1.92. The van der Waals surface area contributed by atoms with Crippen LogP contribution in [-0.2, 0) is 0 Å². The Morgan fingerprint density at radius 3 is 2.43 bits per heavy atom. The first kappa shape index (κ1) is 16.5. The minimum absolute atomic E-state index is 0.316. The fourth-order valence-corrected chi connectivity index (χ4v) is 1.86. The van der Waals surface area contributed by atoms with E-state index in [9.17, 15) is 14.0 Å². The van der Waals surface area contributed by atoms with Crippen LogP contribution in [0, 0.1) is 17.1 Å². The molecule has 5 heteroatoms. The average Bonchev–Trinajstić information content (AvgIpc) is 2.58. The van der Waals surface area contributed by atoms with Crippen molar-refractivity contribution >= 4 is 11.3 Å². The van der Waals surface area contributed by atoms with Crippen LogP contribution < -0.4 is 10.1 Å². The molecule has 0 aromatic heterocycles. The molecule has 0 aliphatic heterocycles. The number of benzene rings is 2. The zero-order valence-electron chi connectivity index (χ0n) is 12.4. The smallest absolute Gasteiger partial charge is 0.123 e. The van der Waals surface area contributed by atoms with Crippen molar-refractivity contribution in [3.63, 3.8) is 0 Å². The number of rotatable bonds is 7. The maximum Gasteiger partial charge on any atom is 0.123 e. The van der Waals surface area contributed by atoms with E-state index < -0.39 is 6.67 Å². The summed E-state index contributed by atoms with van der Waals surface area (Å²) in [5, 5.41) is 12.2. The highest BCUT2D eigenvalue weighted by Gasteiger charge is 2.02. The van der Waals surface area contributed by atoms with Crippen molar-refractivity contribution in [2.24, 2.45) is 0 Å². The van der Waals surface area contributed by atoms with Gasteiger partial charge in [0.2, 0.25) is 0 Å². The molecule has 0 heterocycles. The minimum atomic E-state index is -0.408. The second-order valence-corrected chi connectivity index (χ2v) is 4.74. The van der Waals surface area contributed by atoms with Crippen molar-refractivity contribution in [2.45, 2.75) is 6.42 Å². The molecule has 0 spiro atoms. The molecule has 0 bridgehead atoms. The first-order valence-electron chi connectivity index (χ1n) is 7.14. The summed E-state index contributed by atoms with van der Waals surface area (Å²) < 4.78 is 30.2. The second-order valence-electron chi connectivity index (χ2n) is 4.74. The van der Waals surface area contributed by atoms with Crippen LogP contribution in [0.25, 0.3) is 5.57 Å². The molecular formula is C18H16F2N2O. The van der Waals surface area contributed by atoms with Gasteiger partial charge in [0.15, 0.2) is 0 Å². The van der Waals surface area contributed by atoms with Gasteiger partial charge in [0.05, 0.1) is 18.9 Å². The van der Waals surface area contributed by atoms with Gasteiger partial charge in [0.25, 0.3) is 0 Å². The Morgan fingerprint density at radius 2 is 1.83 bits per heavy atom. The second kappa shape index (κ2) is 8.54. The molecule has 2 rings (SSSR count). The number of nitriles is 1. The number of hydrogen-bond donors (Lipinski definition) is 1. The van der Waals surface area contributed by atoms with Crippen LogP contribution in [0.4, 0.5) is 14.5 Å². The van der Waals surface area contributed by atoms with Gasteiger partial charge in [-0.05, 0) is 54.1 Å². The highest BCUT2D eigenvalue weighted by molar-refractivity contribution is 5.78. The highest BCUT2D eigenvalue weighted by atomic mass is 19.1. The lowest BCUT2D eigenvalue weighted by atomic mass is 10.1. The predicted molar refractivity (Wildman–Crippen MR) is 86.1 cm³/mol. The topological polar surface area (TPSA) is 45.0 Å². The van der Waals surface area contributed by atoms with E-state index in [1.54, 1.807) is 42.6 Å². The molecule has 0 fully saturated rings. The SMILES string of the molecule is N#CC(=CNc1ccc(F)cc1)c1ccc(OCCCF)cc1. The number of anilines is 1. The van der Waals surface area contributed by atoms with Gasteiger partial charge < -0.3 is 10.1 Å². The van der Waals surface area contributed by atoms with Crippen molar-refractivity contribution in [3.05, 3.63) is 66.1 Å². The molecule has 1 N–H and O–H groups in total. The van der Waals surface area contributed by atoms with Gasteiger partial charge in [-0.25, -0.2) is 4.39 Å². The van der Waals surface area contributed by atoms with E-state index >= 15 is 0 Å². The summed E-state index contributed by atoms with van der Waals surface area (Å²) in [6.45, 7) is -0.0859. The van der Waals surface area contributed by atoms with Crippen LogP contribution in [0.15, 0.2) is 54.7 Å². The van der Waals surface area contributed by atoms with Gasteiger partial charge in [-0.1, -0.05) is 0 Å². The number of nitrogens with one attached hydrogen (secondary N) is 1. The number of ether oxygens (including phenoxy) is 1. The highest BCUT2D eigenvalue weighted by Crippen LogP contribution is 2.19. The standard InChI is InChI=1S/C18H16F2N2O/c19-10-1-11-23-18-8-2-14(3-9-18)15(12-21)13-22-17-6-4-16(20)5-7-17/h2-9,13,22H,1,10-11H2. The maximum absolute atomic E-state index is 12.8. The molecule has 0 aliphatic rings. The molecule has 3 nitrogen and oxygen atoms in total. The van der Waals surface area contributed by atoms with E-state index in [2.05, 4.69) is 11.4 Å². The Hall–Kier alpha value is -2.87. The number of hydrogen-bond acceptors (Lipinski definition) is 3. The summed E-state index contributed by atoms with van der Waals surface area (Å²) in [4.78, 5) is 0. The van der Waals surface area contributed by atoms with Crippen LogP contribution in [0.1, 0.15) is 12.0 Å². The van der Waals surface area contributed by atoms with Gasteiger partial charge in [-0.15, -0.1) is 0 Å². The minimum Gasteiger partial charge on any atom is -0.493 e. The molecule has 0 saturated heterocycles. The molecule has 0 unspecified atom stereocenters. The van der Waals surface area contributed by atoms with Crippen molar-refractivity contribution in [1.29, 1.82) is 5.26 Å². The van der Waals surface area contributed by atoms with Crippen LogP contribution in [-0.4, -0.2) is 13.3 Å². The molecule has 23 heavy (non-hydrogen) atoms. The number of allylic oxidation sites excluding steroid dienone is 1. The van der Waals surface area contributed by atoms with Crippen molar-refractivity contribution in [2.75, 3.05) is 18.6 Å². The quantitative estimate of drug-likeness (QED) is 0.603. The van der Waals surface area contributed by atoms with E-state index in [1.165, 1.54) is 12.1 Å². The lowest BCUT2D eigenvalue weighted by molar-refractivity contribution is 0.289. The Morgan fingerprint density at radius 1 is 1.13 bits per heavy atom. The monoisotopic (exact) mass is 314 g/mol. The summed E-state index contributed by atoms with van der Waals surface area (Å²) >= 11 is 0. The Labute approximate surface area is 133 Å². The first-order chi connectivity index (χ1) is 11.2. The third-order valence-electron chi connectivity index (χ3n) is 3.06. The van der Waals surface area contributed by atoms with Gasteiger partial charge in [-0.2, -0.15) is 5.26 Å². The van der Waals surface area contributed by atoms with Crippen LogP contribution in [0.5, 0.6) is 5.75 Å². The van der Waals surface area contributed by atoms with E-state index in [1.807, 2.05) is 0 Å². The predicted octanol–water partition coefficient (Wildman–Crippen LogP) is 4.54. The number of halogens is 2. The van der Waals surface area contributed by atoms with E-state index in [0.717, 1.165) is 5.56 Å². The largest absolute Gasteiger partial charge is 0.493 e. The van der Waals surface area contributed by atoms with Gasteiger partial charge in [-0.3, -0.25) is 4.39 Å². The lowest BCUT2D eigenvalue weighted by Gasteiger charge is -2.06. The summed E-state index contributed by atoms with van der Waals surface area (Å²) in [5.74, 6) is 0.314. The zero-order valence-corrected chi connectivity index (χ0v) is 12.4. The van der Waals surface area contributed by atoms with Crippen molar-refractivity contribution in [1.82, 2.24) is 0 Å². The Balaban J connectivity index is 2.03. The van der Waals surface area contributed by atoms with Crippen molar-refractivity contribution in [3.8, 4) is 11.8 Å². The van der Waals surface area contributed by atoms with Gasteiger partial charge >= 0.3 is 0 Å². The molecule has 2 aromatic carbocycles. The zero-order chi connectivity index (χ0) is 16.5. The normalized spacial score (nSPS) is 10.9. The first-order valence-corrected chi connectivity index (χ1v) is 7.14. The summed E-state index contributed by atoms with van der Waals surface area (Å²) in [7, 11) is 0. The molecular weight excluding hydrogens is 298 g/mol. The molecule has 118 valence electrons. The Kier molecular flexibility index (Phi) is 6.13. The fraction of sp³-hybridized carbons (Fsp3) is 0.167. The van der Waals surface area contributed by atoms with Crippen LogP contribution >= 0.6 is 0 Å². The van der Waals surface area contributed by atoms with Crippen molar-refractivity contribution < 1.29 is 13.5 Å². The van der Waals surface area contributed by atoms with E-state index in [4.69, 9.17) is 4.74 Å². The average molecular weight is 314 g/mol. The van der Waals surface area contributed by atoms with Crippen LogP contribution in [0.3, 0.4) is 0 Å². The third kappa shape index (κ3) is 5.11. The summed E-state index contributed by atoms with van der Waals surface area (Å²) in [5.41, 5.74) is 1.84. The lowest BCUT2D eigenvalue weighted by Crippen LogP contribution is -1.98. The molecule has 0 saturated carbocycles. The van der Waals surface area contributed by atoms with Gasteiger partial charge in [0, 0.05) is 18.3 Å².